The van der Waals surface area contributed by atoms with E-state index < -0.39 is 0 Å². The monoisotopic (exact) mass is 290 g/mol. The van der Waals surface area contributed by atoms with Crippen LogP contribution in [0.1, 0.15) is 38.7 Å². The van der Waals surface area contributed by atoms with E-state index in [1.807, 2.05) is 13.0 Å². The number of benzene rings is 1. The van der Waals surface area contributed by atoms with Crippen LogP contribution in [0.2, 0.25) is 0 Å². The van der Waals surface area contributed by atoms with E-state index in [9.17, 15) is 0 Å². The molecule has 1 heterocycles. The fourth-order valence-electron chi connectivity index (χ4n) is 3.15. The summed E-state index contributed by atoms with van der Waals surface area (Å²) >= 11 is 0. The van der Waals surface area contributed by atoms with Gasteiger partial charge >= 0.3 is 0 Å². The summed E-state index contributed by atoms with van der Waals surface area (Å²) in [5.41, 5.74) is 1.36. The Hall–Kier alpha value is -1.06. The second kappa shape index (κ2) is 9.06. The Morgan fingerprint density at radius 2 is 2.24 bits per heavy atom. The summed E-state index contributed by atoms with van der Waals surface area (Å²) in [7, 11) is 0. The molecule has 0 aromatic heterocycles. The van der Waals surface area contributed by atoms with Crippen molar-refractivity contribution in [2.75, 3.05) is 32.8 Å². The Labute approximate surface area is 129 Å². The van der Waals surface area contributed by atoms with Crippen LogP contribution in [-0.4, -0.2) is 37.7 Å². The van der Waals surface area contributed by atoms with Gasteiger partial charge in [0.25, 0.3) is 0 Å². The number of nitrogens with one attached hydrogen (secondary N) is 1. The maximum Gasteiger partial charge on any atom is 0.119 e. The lowest BCUT2D eigenvalue weighted by Crippen LogP contribution is -2.38. The van der Waals surface area contributed by atoms with Crippen LogP contribution in [0.4, 0.5) is 0 Å². The van der Waals surface area contributed by atoms with Crippen molar-refractivity contribution >= 4 is 0 Å². The average molecular weight is 290 g/mol. The predicted octanol–water partition coefficient (Wildman–Crippen LogP) is 3.30. The zero-order valence-corrected chi connectivity index (χ0v) is 13.6. The van der Waals surface area contributed by atoms with Crippen LogP contribution in [-0.2, 0) is 6.54 Å². The molecule has 3 heteroatoms. The molecule has 0 saturated carbocycles. The summed E-state index contributed by atoms with van der Waals surface area (Å²) in [6, 6.07) is 8.55. The minimum Gasteiger partial charge on any atom is -0.494 e. The molecule has 2 rings (SSSR count). The van der Waals surface area contributed by atoms with Gasteiger partial charge in [-0.2, -0.15) is 0 Å². The minimum absolute atomic E-state index is 0.732. The summed E-state index contributed by atoms with van der Waals surface area (Å²) in [4.78, 5) is 2.60. The fraction of sp³-hybridized carbons (Fsp3) is 0.667. The third-order valence-electron chi connectivity index (χ3n) is 4.07. The predicted molar refractivity (Wildman–Crippen MR) is 88.8 cm³/mol. The normalized spacial score (nSPS) is 18.9. The Morgan fingerprint density at radius 1 is 1.33 bits per heavy atom. The fourth-order valence-corrected chi connectivity index (χ4v) is 3.15. The lowest BCUT2D eigenvalue weighted by molar-refractivity contribution is 0.201. The van der Waals surface area contributed by atoms with Gasteiger partial charge in [-0.15, -0.1) is 0 Å². The van der Waals surface area contributed by atoms with Crippen LogP contribution >= 0.6 is 0 Å². The van der Waals surface area contributed by atoms with Gasteiger partial charge in [0.1, 0.15) is 5.75 Å². The second-order valence-electron chi connectivity index (χ2n) is 6.03. The molecule has 1 fully saturated rings. The Bertz CT molecular complexity index is 402. The van der Waals surface area contributed by atoms with Crippen LogP contribution in [0.3, 0.4) is 0 Å². The molecule has 1 aliphatic heterocycles. The van der Waals surface area contributed by atoms with Crippen LogP contribution in [0, 0.1) is 5.92 Å². The molecule has 1 atom stereocenters. The van der Waals surface area contributed by atoms with E-state index in [4.69, 9.17) is 4.74 Å². The molecule has 1 aromatic carbocycles. The number of nitrogens with zero attached hydrogens (tertiary/aromatic N) is 1. The Balaban J connectivity index is 1.92. The first kappa shape index (κ1) is 16.3. The molecule has 1 aromatic rings. The van der Waals surface area contributed by atoms with Crippen molar-refractivity contribution in [1.82, 2.24) is 10.2 Å². The number of rotatable bonds is 8. The minimum atomic E-state index is 0.732. The van der Waals surface area contributed by atoms with Crippen LogP contribution in [0.5, 0.6) is 5.75 Å². The van der Waals surface area contributed by atoms with E-state index in [1.165, 1.54) is 51.0 Å². The van der Waals surface area contributed by atoms with Crippen molar-refractivity contribution in [2.45, 2.75) is 39.7 Å². The molecule has 1 unspecified atom stereocenters. The number of hydrogen-bond donors (Lipinski definition) is 1. The Kier molecular flexibility index (Phi) is 7.04. The van der Waals surface area contributed by atoms with E-state index in [2.05, 4.69) is 35.3 Å². The van der Waals surface area contributed by atoms with Gasteiger partial charge in [-0.3, -0.25) is 4.90 Å². The number of piperidine rings is 1. The van der Waals surface area contributed by atoms with Crippen LogP contribution in [0.15, 0.2) is 24.3 Å². The molecule has 0 aliphatic carbocycles. The van der Waals surface area contributed by atoms with E-state index in [1.54, 1.807) is 0 Å². The molecule has 0 spiro atoms. The smallest absolute Gasteiger partial charge is 0.119 e. The van der Waals surface area contributed by atoms with Gasteiger partial charge in [0, 0.05) is 13.1 Å². The highest BCUT2D eigenvalue weighted by Gasteiger charge is 2.16. The first-order valence-electron chi connectivity index (χ1n) is 8.46. The lowest BCUT2D eigenvalue weighted by atomic mass is 9.98. The average Bonchev–Trinajstić information content (AvgIpc) is 2.49. The van der Waals surface area contributed by atoms with Crippen LogP contribution < -0.4 is 10.1 Å². The summed E-state index contributed by atoms with van der Waals surface area (Å²) in [6.45, 7) is 10.8. The highest BCUT2D eigenvalue weighted by Crippen LogP contribution is 2.17. The van der Waals surface area contributed by atoms with Gasteiger partial charge in [0.2, 0.25) is 0 Å². The third kappa shape index (κ3) is 5.68. The van der Waals surface area contributed by atoms with Gasteiger partial charge in [-0.05, 0) is 69.4 Å². The molecular weight excluding hydrogens is 260 g/mol. The molecule has 0 bridgehead atoms. The van der Waals surface area contributed by atoms with Crippen molar-refractivity contribution < 1.29 is 4.74 Å². The van der Waals surface area contributed by atoms with Crippen molar-refractivity contribution in [3.63, 3.8) is 0 Å². The van der Waals surface area contributed by atoms with E-state index >= 15 is 0 Å². The second-order valence-corrected chi connectivity index (χ2v) is 6.03. The Morgan fingerprint density at radius 3 is 2.95 bits per heavy atom. The molecule has 1 aliphatic rings. The quantitative estimate of drug-likeness (QED) is 0.795. The van der Waals surface area contributed by atoms with Crippen LogP contribution in [0.25, 0.3) is 0 Å². The first-order valence-corrected chi connectivity index (χ1v) is 8.46. The number of ether oxygens (including phenoxy) is 1. The molecule has 21 heavy (non-hydrogen) atoms. The highest BCUT2D eigenvalue weighted by molar-refractivity contribution is 5.28. The maximum atomic E-state index is 5.61. The van der Waals surface area contributed by atoms with Gasteiger partial charge in [-0.25, -0.2) is 0 Å². The zero-order valence-electron chi connectivity index (χ0n) is 13.6. The SMILES string of the molecule is CCCN(Cc1cccc(OCC)c1)CC1CCCNC1. The van der Waals surface area contributed by atoms with Gasteiger partial charge in [0.05, 0.1) is 6.61 Å². The molecule has 3 nitrogen and oxygen atoms in total. The standard InChI is InChI=1S/C18H30N2O/c1-3-11-20(15-17-8-6-10-19-13-17)14-16-7-5-9-18(12-16)21-4-2/h5,7,9,12,17,19H,3-4,6,8,10-11,13-15H2,1-2H3. The molecule has 1 N–H and O–H groups in total. The van der Waals surface area contributed by atoms with Gasteiger partial charge < -0.3 is 10.1 Å². The van der Waals surface area contributed by atoms with Crippen molar-refractivity contribution in [2.24, 2.45) is 5.92 Å². The molecule has 118 valence electrons. The van der Waals surface area contributed by atoms with E-state index in [0.717, 1.165) is 24.8 Å². The third-order valence-corrected chi connectivity index (χ3v) is 4.07. The van der Waals surface area contributed by atoms with Crippen molar-refractivity contribution in [3.8, 4) is 5.75 Å². The molecular formula is C18H30N2O. The van der Waals surface area contributed by atoms with Crippen molar-refractivity contribution in [3.05, 3.63) is 29.8 Å². The summed E-state index contributed by atoms with van der Waals surface area (Å²) in [5, 5.41) is 3.53. The van der Waals surface area contributed by atoms with Gasteiger partial charge in [0.15, 0.2) is 0 Å². The van der Waals surface area contributed by atoms with E-state index in [0.29, 0.717) is 0 Å². The van der Waals surface area contributed by atoms with Crippen molar-refractivity contribution in [1.29, 1.82) is 0 Å². The maximum absolute atomic E-state index is 5.61. The number of hydrogen-bond acceptors (Lipinski definition) is 3. The largest absolute Gasteiger partial charge is 0.494 e. The molecule has 0 amide bonds. The summed E-state index contributed by atoms with van der Waals surface area (Å²) < 4.78 is 5.61. The van der Waals surface area contributed by atoms with E-state index in [-0.39, 0.29) is 0 Å². The summed E-state index contributed by atoms with van der Waals surface area (Å²) in [6.07, 6.45) is 3.90. The molecule has 0 radical (unpaired) electrons. The lowest BCUT2D eigenvalue weighted by Gasteiger charge is -2.30. The summed E-state index contributed by atoms with van der Waals surface area (Å²) in [5.74, 6) is 1.80. The topological polar surface area (TPSA) is 24.5 Å². The van der Waals surface area contributed by atoms with Gasteiger partial charge in [-0.1, -0.05) is 19.1 Å². The zero-order chi connectivity index (χ0) is 14.9. The molecule has 1 saturated heterocycles. The first-order chi connectivity index (χ1) is 10.3. The highest BCUT2D eigenvalue weighted by atomic mass is 16.5.